The first-order chi connectivity index (χ1) is 9.15. The van der Waals surface area contributed by atoms with E-state index in [0.29, 0.717) is 16.6 Å². The quantitative estimate of drug-likeness (QED) is 0.940. The number of hydrogen-bond donors (Lipinski definition) is 1. The standard InChI is InChI=1S/C14H12Cl2N2O/c15-12-4-3-10(6-13(12)16)7-14(19)18-9-11-2-1-5-17-8-11/h1-6,8H,7,9H2,(H,18,19). The number of rotatable bonds is 4. The summed E-state index contributed by atoms with van der Waals surface area (Å²) < 4.78 is 0. The number of halogens is 2. The molecule has 1 heterocycles. The largest absolute Gasteiger partial charge is 0.352 e. The van der Waals surface area contributed by atoms with Crippen molar-refractivity contribution >= 4 is 29.1 Å². The Morgan fingerprint density at radius 3 is 2.68 bits per heavy atom. The highest BCUT2D eigenvalue weighted by Gasteiger charge is 2.05. The maximum Gasteiger partial charge on any atom is 0.224 e. The van der Waals surface area contributed by atoms with E-state index in [2.05, 4.69) is 10.3 Å². The number of amides is 1. The molecule has 0 fully saturated rings. The van der Waals surface area contributed by atoms with E-state index < -0.39 is 0 Å². The van der Waals surface area contributed by atoms with Gasteiger partial charge in [0.1, 0.15) is 0 Å². The van der Waals surface area contributed by atoms with E-state index in [0.717, 1.165) is 11.1 Å². The number of pyridine rings is 1. The predicted molar refractivity (Wildman–Crippen MR) is 76.2 cm³/mol. The zero-order chi connectivity index (χ0) is 13.7. The van der Waals surface area contributed by atoms with Gasteiger partial charge in [0, 0.05) is 18.9 Å². The van der Waals surface area contributed by atoms with Gasteiger partial charge in [0.2, 0.25) is 5.91 Å². The molecule has 2 aromatic rings. The van der Waals surface area contributed by atoms with Crippen LogP contribution in [-0.2, 0) is 17.8 Å². The van der Waals surface area contributed by atoms with Gasteiger partial charge in [-0.2, -0.15) is 0 Å². The molecule has 5 heteroatoms. The Labute approximate surface area is 121 Å². The Morgan fingerprint density at radius 2 is 2.00 bits per heavy atom. The van der Waals surface area contributed by atoms with Crippen LogP contribution in [0.4, 0.5) is 0 Å². The van der Waals surface area contributed by atoms with Gasteiger partial charge in [-0.15, -0.1) is 0 Å². The second-order valence-electron chi connectivity index (χ2n) is 4.06. The summed E-state index contributed by atoms with van der Waals surface area (Å²) in [5, 5.41) is 3.77. The van der Waals surface area contributed by atoms with E-state index in [-0.39, 0.29) is 12.3 Å². The third-order valence-corrected chi connectivity index (χ3v) is 3.30. The first kappa shape index (κ1) is 13.8. The number of nitrogens with one attached hydrogen (secondary N) is 1. The lowest BCUT2D eigenvalue weighted by Crippen LogP contribution is -2.24. The molecule has 1 amide bonds. The van der Waals surface area contributed by atoms with Crippen molar-refractivity contribution in [2.24, 2.45) is 0 Å². The number of carbonyl (C=O) groups is 1. The average Bonchev–Trinajstić information content (AvgIpc) is 2.42. The molecule has 0 aliphatic rings. The molecule has 3 nitrogen and oxygen atoms in total. The molecule has 2 rings (SSSR count). The van der Waals surface area contributed by atoms with Crippen LogP contribution >= 0.6 is 23.2 Å². The molecule has 0 saturated carbocycles. The Bertz CT molecular complexity index is 573. The molecule has 0 bridgehead atoms. The lowest BCUT2D eigenvalue weighted by molar-refractivity contribution is -0.120. The second-order valence-corrected chi connectivity index (χ2v) is 4.88. The summed E-state index contributed by atoms with van der Waals surface area (Å²) in [6.45, 7) is 0.466. The van der Waals surface area contributed by atoms with Gasteiger partial charge in [-0.25, -0.2) is 0 Å². The van der Waals surface area contributed by atoms with Crippen molar-refractivity contribution in [1.82, 2.24) is 10.3 Å². The molecule has 98 valence electrons. The Balaban J connectivity index is 1.89. The third-order valence-electron chi connectivity index (χ3n) is 2.56. The number of carbonyl (C=O) groups excluding carboxylic acids is 1. The van der Waals surface area contributed by atoms with Crippen LogP contribution in [0.15, 0.2) is 42.7 Å². The third kappa shape index (κ3) is 4.23. The van der Waals surface area contributed by atoms with Crippen molar-refractivity contribution in [2.45, 2.75) is 13.0 Å². The highest BCUT2D eigenvalue weighted by Crippen LogP contribution is 2.22. The lowest BCUT2D eigenvalue weighted by Gasteiger charge is -2.06. The molecular formula is C14H12Cl2N2O. The van der Waals surface area contributed by atoms with Crippen LogP contribution in [-0.4, -0.2) is 10.9 Å². The highest BCUT2D eigenvalue weighted by molar-refractivity contribution is 6.42. The highest BCUT2D eigenvalue weighted by atomic mass is 35.5. The normalized spacial score (nSPS) is 10.2. The molecule has 0 aliphatic carbocycles. The van der Waals surface area contributed by atoms with Gasteiger partial charge in [0.05, 0.1) is 16.5 Å². The molecule has 0 radical (unpaired) electrons. The van der Waals surface area contributed by atoms with Crippen molar-refractivity contribution in [3.8, 4) is 0 Å². The van der Waals surface area contributed by atoms with Crippen LogP contribution in [0.1, 0.15) is 11.1 Å². The first-order valence-corrected chi connectivity index (χ1v) is 6.50. The first-order valence-electron chi connectivity index (χ1n) is 5.74. The molecule has 1 aromatic carbocycles. The van der Waals surface area contributed by atoms with Crippen LogP contribution in [0.25, 0.3) is 0 Å². The second kappa shape index (κ2) is 6.55. The summed E-state index contributed by atoms with van der Waals surface area (Å²) in [6.07, 6.45) is 3.69. The minimum atomic E-state index is -0.0674. The van der Waals surface area contributed by atoms with E-state index in [1.807, 2.05) is 12.1 Å². The summed E-state index contributed by atoms with van der Waals surface area (Å²) in [4.78, 5) is 15.8. The van der Waals surface area contributed by atoms with Gasteiger partial charge in [-0.3, -0.25) is 9.78 Å². The molecule has 0 unspecified atom stereocenters. The molecular weight excluding hydrogens is 283 g/mol. The Hall–Kier alpha value is -1.58. The summed E-state index contributed by atoms with van der Waals surface area (Å²) in [6, 6.07) is 8.92. The van der Waals surface area contributed by atoms with Crippen LogP contribution in [0.2, 0.25) is 10.0 Å². The number of benzene rings is 1. The van der Waals surface area contributed by atoms with Gasteiger partial charge in [-0.05, 0) is 29.3 Å². The van der Waals surface area contributed by atoms with Gasteiger partial charge in [0.25, 0.3) is 0 Å². The summed E-state index contributed by atoms with van der Waals surface area (Å²) in [5.41, 5.74) is 1.79. The molecule has 0 atom stereocenters. The summed E-state index contributed by atoms with van der Waals surface area (Å²) in [7, 11) is 0. The van der Waals surface area contributed by atoms with Gasteiger partial charge in [-0.1, -0.05) is 35.3 Å². The van der Waals surface area contributed by atoms with Crippen LogP contribution in [0.3, 0.4) is 0 Å². The fraction of sp³-hybridized carbons (Fsp3) is 0.143. The Morgan fingerprint density at radius 1 is 1.16 bits per heavy atom. The predicted octanol–water partition coefficient (Wildman–Crippen LogP) is 3.25. The lowest BCUT2D eigenvalue weighted by atomic mass is 10.1. The van der Waals surface area contributed by atoms with Crippen molar-refractivity contribution < 1.29 is 4.79 Å². The van der Waals surface area contributed by atoms with E-state index >= 15 is 0 Å². The zero-order valence-electron chi connectivity index (χ0n) is 10.1. The van der Waals surface area contributed by atoms with Crippen molar-refractivity contribution in [3.63, 3.8) is 0 Å². The fourth-order valence-electron chi connectivity index (χ4n) is 1.60. The number of nitrogens with zero attached hydrogens (tertiary/aromatic N) is 1. The topological polar surface area (TPSA) is 42.0 Å². The van der Waals surface area contributed by atoms with Gasteiger partial charge in [0.15, 0.2) is 0 Å². The average molecular weight is 295 g/mol. The molecule has 19 heavy (non-hydrogen) atoms. The maximum atomic E-state index is 11.8. The van der Waals surface area contributed by atoms with Gasteiger partial charge < -0.3 is 5.32 Å². The SMILES string of the molecule is O=C(Cc1ccc(Cl)c(Cl)c1)NCc1cccnc1. The van der Waals surface area contributed by atoms with E-state index in [1.165, 1.54) is 0 Å². The molecule has 0 saturated heterocycles. The number of hydrogen-bond acceptors (Lipinski definition) is 2. The summed E-state index contributed by atoms with van der Waals surface area (Å²) in [5.74, 6) is -0.0674. The molecule has 0 aliphatic heterocycles. The number of aromatic nitrogens is 1. The van der Waals surface area contributed by atoms with E-state index in [1.54, 1.807) is 30.6 Å². The van der Waals surface area contributed by atoms with Crippen molar-refractivity contribution in [2.75, 3.05) is 0 Å². The smallest absolute Gasteiger partial charge is 0.224 e. The molecule has 1 aromatic heterocycles. The van der Waals surface area contributed by atoms with Crippen LogP contribution in [0, 0.1) is 0 Å². The van der Waals surface area contributed by atoms with E-state index in [9.17, 15) is 4.79 Å². The molecule has 0 spiro atoms. The van der Waals surface area contributed by atoms with Gasteiger partial charge >= 0.3 is 0 Å². The monoisotopic (exact) mass is 294 g/mol. The molecule has 1 N–H and O–H groups in total. The van der Waals surface area contributed by atoms with Crippen LogP contribution < -0.4 is 5.32 Å². The maximum absolute atomic E-state index is 11.8. The van der Waals surface area contributed by atoms with E-state index in [4.69, 9.17) is 23.2 Å². The van der Waals surface area contributed by atoms with Crippen molar-refractivity contribution in [1.29, 1.82) is 0 Å². The summed E-state index contributed by atoms with van der Waals surface area (Å²) >= 11 is 11.7. The fourth-order valence-corrected chi connectivity index (χ4v) is 1.92. The van der Waals surface area contributed by atoms with Crippen molar-refractivity contribution in [3.05, 3.63) is 63.9 Å². The Kier molecular flexibility index (Phi) is 4.77. The zero-order valence-corrected chi connectivity index (χ0v) is 11.6. The van der Waals surface area contributed by atoms with Crippen LogP contribution in [0.5, 0.6) is 0 Å². The minimum Gasteiger partial charge on any atom is -0.352 e. The minimum absolute atomic E-state index is 0.0674.